The van der Waals surface area contributed by atoms with Gasteiger partial charge in [0.2, 0.25) is 6.41 Å². The number of hydrogen-bond donors (Lipinski definition) is 2. The van der Waals surface area contributed by atoms with Crippen molar-refractivity contribution in [1.29, 1.82) is 0 Å². The normalized spacial score (nSPS) is 10.2. The first-order valence-electron chi connectivity index (χ1n) is 5.70. The molecule has 6 heteroatoms. The second-order valence-corrected chi connectivity index (χ2v) is 5.06. The van der Waals surface area contributed by atoms with Gasteiger partial charge in [0.25, 0.3) is 0 Å². The van der Waals surface area contributed by atoms with E-state index < -0.39 is 0 Å². The first-order valence-corrected chi connectivity index (χ1v) is 6.77. The summed E-state index contributed by atoms with van der Waals surface area (Å²) in [5.74, 6) is 0.670. The Morgan fingerprint density at radius 1 is 1.56 bits per heavy atom. The van der Waals surface area contributed by atoms with E-state index >= 15 is 0 Å². The molecule has 1 aromatic carbocycles. The first kappa shape index (κ1) is 15.0. The Morgan fingerprint density at radius 3 is 2.83 bits per heavy atom. The molecule has 0 heterocycles. The standard InChI is InChI=1S/C12H17IN2O3/c1-2-3-4-18-12-10(13)5-9(6-11(12)14)7-15(17)8-16/h5-6,8,17H,2-4,7,14H2,1H3. The molecule has 0 atom stereocenters. The number of rotatable bonds is 7. The zero-order valence-electron chi connectivity index (χ0n) is 10.2. The van der Waals surface area contributed by atoms with Crippen LogP contribution in [0.3, 0.4) is 0 Å². The lowest BCUT2D eigenvalue weighted by atomic mass is 10.2. The number of unbranched alkanes of at least 4 members (excludes halogenated alkanes) is 1. The van der Waals surface area contributed by atoms with Gasteiger partial charge < -0.3 is 10.5 Å². The molecule has 1 rings (SSSR count). The van der Waals surface area contributed by atoms with Crippen molar-refractivity contribution in [2.45, 2.75) is 26.3 Å². The molecule has 0 aliphatic heterocycles. The fraction of sp³-hybridized carbons (Fsp3) is 0.417. The SMILES string of the molecule is CCCCOc1c(N)cc(CN(O)C=O)cc1I. The van der Waals surface area contributed by atoms with Gasteiger partial charge in [-0.3, -0.25) is 10.0 Å². The molecular formula is C12H17IN2O3. The second-order valence-electron chi connectivity index (χ2n) is 3.90. The van der Waals surface area contributed by atoms with Crippen LogP contribution in [0.1, 0.15) is 25.3 Å². The van der Waals surface area contributed by atoms with E-state index in [1.807, 2.05) is 6.07 Å². The van der Waals surface area contributed by atoms with E-state index in [2.05, 4.69) is 29.5 Å². The largest absolute Gasteiger partial charge is 0.490 e. The van der Waals surface area contributed by atoms with Crippen LogP contribution in [0.25, 0.3) is 0 Å². The van der Waals surface area contributed by atoms with Crippen LogP contribution in [-0.2, 0) is 11.3 Å². The monoisotopic (exact) mass is 364 g/mol. The zero-order valence-corrected chi connectivity index (χ0v) is 12.4. The van der Waals surface area contributed by atoms with Crippen LogP contribution < -0.4 is 10.5 Å². The number of anilines is 1. The third-order valence-electron chi connectivity index (χ3n) is 2.34. The summed E-state index contributed by atoms with van der Waals surface area (Å²) >= 11 is 2.13. The van der Waals surface area contributed by atoms with Crippen molar-refractivity contribution < 1.29 is 14.7 Å². The molecule has 0 fully saturated rings. The van der Waals surface area contributed by atoms with E-state index in [4.69, 9.17) is 15.7 Å². The number of hydroxylamine groups is 2. The molecule has 100 valence electrons. The molecule has 0 aliphatic carbocycles. The molecule has 0 saturated carbocycles. The summed E-state index contributed by atoms with van der Waals surface area (Å²) in [6.07, 6.45) is 2.40. The zero-order chi connectivity index (χ0) is 13.5. The fourth-order valence-corrected chi connectivity index (χ4v) is 2.33. The predicted octanol–water partition coefficient (Wildman–Crippen LogP) is 2.40. The minimum absolute atomic E-state index is 0.110. The molecule has 0 spiro atoms. The van der Waals surface area contributed by atoms with Gasteiger partial charge in [-0.1, -0.05) is 13.3 Å². The number of ether oxygens (including phenoxy) is 1. The van der Waals surface area contributed by atoms with Crippen molar-refractivity contribution in [3.63, 3.8) is 0 Å². The van der Waals surface area contributed by atoms with Gasteiger partial charge in [-0.05, 0) is 46.7 Å². The summed E-state index contributed by atoms with van der Waals surface area (Å²) in [6, 6.07) is 3.54. The minimum atomic E-state index is 0.110. The summed E-state index contributed by atoms with van der Waals surface area (Å²) in [7, 11) is 0. The van der Waals surface area contributed by atoms with Crippen LogP contribution in [0.4, 0.5) is 5.69 Å². The average Bonchev–Trinajstić information content (AvgIpc) is 2.32. The third kappa shape index (κ3) is 4.34. The lowest BCUT2D eigenvalue weighted by Crippen LogP contribution is -2.16. The summed E-state index contributed by atoms with van der Waals surface area (Å²) in [5.41, 5.74) is 7.18. The number of hydrogen-bond acceptors (Lipinski definition) is 4. The maximum Gasteiger partial charge on any atom is 0.233 e. The van der Waals surface area contributed by atoms with E-state index in [0.29, 0.717) is 29.5 Å². The number of nitrogens with zero attached hydrogens (tertiary/aromatic N) is 1. The van der Waals surface area contributed by atoms with E-state index in [9.17, 15) is 4.79 Å². The van der Waals surface area contributed by atoms with Crippen LogP contribution in [-0.4, -0.2) is 23.3 Å². The molecule has 0 aromatic heterocycles. The Bertz CT molecular complexity index is 389. The molecule has 5 nitrogen and oxygen atoms in total. The van der Waals surface area contributed by atoms with Gasteiger partial charge in [0.15, 0.2) is 5.75 Å². The Morgan fingerprint density at radius 2 is 2.28 bits per heavy atom. The minimum Gasteiger partial charge on any atom is -0.490 e. The van der Waals surface area contributed by atoms with Gasteiger partial charge in [0.1, 0.15) is 0 Å². The number of amides is 1. The van der Waals surface area contributed by atoms with Crippen molar-refractivity contribution in [2.24, 2.45) is 0 Å². The molecule has 0 saturated heterocycles. The molecule has 3 N–H and O–H groups in total. The lowest BCUT2D eigenvalue weighted by Gasteiger charge is -2.14. The van der Waals surface area contributed by atoms with Crippen LogP contribution in [0.15, 0.2) is 12.1 Å². The van der Waals surface area contributed by atoms with Gasteiger partial charge in [-0.15, -0.1) is 0 Å². The molecular weight excluding hydrogens is 347 g/mol. The van der Waals surface area contributed by atoms with Gasteiger partial charge in [-0.25, -0.2) is 5.06 Å². The van der Waals surface area contributed by atoms with Gasteiger partial charge in [0, 0.05) is 0 Å². The average molecular weight is 364 g/mol. The number of nitrogens with two attached hydrogens (primary N) is 1. The van der Waals surface area contributed by atoms with Crippen molar-refractivity contribution in [3.05, 3.63) is 21.3 Å². The Labute approximate surface area is 120 Å². The van der Waals surface area contributed by atoms with Gasteiger partial charge >= 0.3 is 0 Å². The van der Waals surface area contributed by atoms with Crippen molar-refractivity contribution >= 4 is 34.7 Å². The van der Waals surface area contributed by atoms with Crippen molar-refractivity contribution in [1.82, 2.24) is 5.06 Å². The molecule has 0 bridgehead atoms. The van der Waals surface area contributed by atoms with Crippen LogP contribution in [0, 0.1) is 3.57 Å². The summed E-state index contributed by atoms with van der Waals surface area (Å²) in [6.45, 7) is 2.84. The maximum absolute atomic E-state index is 10.3. The molecule has 1 amide bonds. The first-order chi connectivity index (χ1) is 8.58. The number of benzene rings is 1. The molecule has 0 radical (unpaired) electrons. The molecule has 18 heavy (non-hydrogen) atoms. The van der Waals surface area contributed by atoms with Crippen LogP contribution in [0.2, 0.25) is 0 Å². The van der Waals surface area contributed by atoms with Crippen molar-refractivity contribution in [3.8, 4) is 5.75 Å². The van der Waals surface area contributed by atoms with Crippen LogP contribution in [0.5, 0.6) is 5.75 Å². The highest BCUT2D eigenvalue weighted by Crippen LogP contribution is 2.30. The third-order valence-corrected chi connectivity index (χ3v) is 3.14. The van der Waals surface area contributed by atoms with Crippen molar-refractivity contribution in [2.75, 3.05) is 12.3 Å². The van der Waals surface area contributed by atoms with E-state index in [1.165, 1.54) is 0 Å². The van der Waals surface area contributed by atoms with Crippen LogP contribution >= 0.6 is 22.6 Å². The summed E-state index contributed by atoms with van der Waals surface area (Å²) in [5, 5.41) is 9.70. The Balaban J connectivity index is 2.80. The summed E-state index contributed by atoms with van der Waals surface area (Å²) in [4.78, 5) is 10.3. The van der Waals surface area contributed by atoms with Gasteiger partial charge in [-0.2, -0.15) is 0 Å². The number of halogens is 1. The van der Waals surface area contributed by atoms with E-state index in [0.717, 1.165) is 22.0 Å². The summed E-state index contributed by atoms with van der Waals surface area (Å²) < 4.78 is 6.49. The van der Waals surface area contributed by atoms with Gasteiger partial charge in [0.05, 0.1) is 22.4 Å². The molecule has 1 aromatic rings. The highest BCUT2D eigenvalue weighted by molar-refractivity contribution is 14.1. The highest BCUT2D eigenvalue weighted by Gasteiger charge is 2.09. The Hall–Kier alpha value is -1.02. The number of nitrogen functional groups attached to an aromatic ring is 1. The predicted molar refractivity (Wildman–Crippen MR) is 77.4 cm³/mol. The molecule has 0 aliphatic rings. The number of carbonyl (C=O) groups is 1. The fourth-order valence-electron chi connectivity index (χ4n) is 1.46. The second kappa shape index (κ2) is 7.42. The number of carbonyl (C=O) groups excluding carboxylic acids is 1. The van der Waals surface area contributed by atoms with E-state index in [-0.39, 0.29) is 6.54 Å². The highest BCUT2D eigenvalue weighted by atomic mass is 127. The quantitative estimate of drug-likeness (QED) is 0.195. The van der Waals surface area contributed by atoms with E-state index in [1.54, 1.807) is 6.07 Å². The lowest BCUT2D eigenvalue weighted by molar-refractivity contribution is -0.152. The Kier molecular flexibility index (Phi) is 6.20. The topological polar surface area (TPSA) is 75.8 Å². The molecule has 0 unspecified atom stereocenters. The maximum atomic E-state index is 10.3. The smallest absolute Gasteiger partial charge is 0.233 e.